The second kappa shape index (κ2) is 34.1. The first kappa shape index (κ1) is 65.4. The number of benzene rings is 6. The van der Waals surface area contributed by atoms with Gasteiger partial charge in [0.25, 0.3) is 0 Å². The normalized spacial score (nSPS) is 11.4. The monoisotopic (exact) mass is 1180 g/mol. The third kappa shape index (κ3) is 20.5. The second-order valence-corrected chi connectivity index (χ2v) is 19.8. The van der Waals surface area contributed by atoms with Gasteiger partial charge < -0.3 is 48.4 Å². The molecule has 6 aromatic carbocycles. The maximum atomic E-state index is 14.0. The van der Waals surface area contributed by atoms with E-state index >= 15 is 0 Å². The smallest absolute Gasteiger partial charge is 0.344 e. The zero-order valence-electron chi connectivity index (χ0n) is 48.6. The zero-order chi connectivity index (χ0) is 61.8. The fourth-order valence-electron chi connectivity index (χ4n) is 8.57. The highest BCUT2D eigenvalue weighted by Gasteiger charge is 2.25. The number of nitrogen functional groups attached to an aromatic ring is 1. The Morgan fingerprint density at radius 2 is 0.988 bits per heavy atom. The lowest BCUT2D eigenvalue weighted by molar-refractivity contribution is -0.385. The van der Waals surface area contributed by atoms with Crippen molar-refractivity contribution >= 4 is 47.2 Å². The number of carbonyl (C=O) groups is 6. The number of nitrogens with zero attached hydrogens (tertiary/aromatic N) is 1. The van der Waals surface area contributed by atoms with Gasteiger partial charge in [0.05, 0.1) is 33.8 Å². The number of hydrogen-bond donors (Lipinski definition) is 1. The molecule has 452 valence electrons. The van der Waals surface area contributed by atoms with Crippen molar-refractivity contribution in [3.05, 3.63) is 191 Å². The summed E-state index contributed by atoms with van der Waals surface area (Å²) in [5.74, 6) is -3.78. The maximum absolute atomic E-state index is 14.0. The van der Waals surface area contributed by atoms with E-state index in [2.05, 4.69) is 20.1 Å². The Morgan fingerprint density at radius 3 is 1.51 bits per heavy atom. The average molecular weight is 1180 g/mol. The highest BCUT2D eigenvalue weighted by atomic mass is 16.7. The van der Waals surface area contributed by atoms with Crippen molar-refractivity contribution < 1.29 is 76.3 Å². The summed E-state index contributed by atoms with van der Waals surface area (Å²) in [6.45, 7) is 13.1. The van der Waals surface area contributed by atoms with Crippen LogP contribution in [0.2, 0.25) is 0 Å². The molecule has 2 N–H and O–H groups in total. The van der Waals surface area contributed by atoms with E-state index in [0.717, 1.165) is 88.8 Å². The van der Waals surface area contributed by atoms with Crippen LogP contribution in [0.15, 0.2) is 153 Å². The van der Waals surface area contributed by atoms with Crippen molar-refractivity contribution in [2.24, 2.45) is 0 Å². The molecule has 0 fully saturated rings. The molecule has 0 spiro atoms. The van der Waals surface area contributed by atoms with Crippen LogP contribution >= 0.6 is 0 Å². The Hall–Kier alpha value is -9.78. The van der Waals surface area contributed by atoms with Gasteiger partial charge in [0.2, 0.25) is 12.6 Å². The van der Waals surface area contributed by atoms with E-state index in [9.17, 15) is 38.9 Å². The van der Waals surface area contributed by atoms with E-state index in [-0.39, 0.29) is 63.2 Å². The van der Waals surface area contributed by atoms with E-state index in [0.29, 0.717) is 47.6 Å². The predicted octanol–water partition coefficient (Wildman–Crippen LogP) is 14.6. The van der Waals surface area contributed by atoms with E-state index in [1.165, 1.54) is 103 Å². The molecule has 19 heteroatoms. The van der Waals surface area contributed by atoms with Gasteiger partial charge in [-0.15, -0.1) is 0 Å². The van der Waals surface area contributed by atoms with E-state index in [1.54, 1.807) is 24.3 Å². The molecule has 19 nitrogen and oxygen atoms in total. The van der Waals surface area contributed by atoms with Crippen LogP contribution in [0.4, 0.5) is 11.4 Å². The largest absolute Gasteiger partial charge is 0.487 e. The van der Waals surface area contributed by atoms with Crippen LogP contribution in [0.1, 0.15) is 158 Å². The molecule has 0 aliphatic rings. The molecule has 0 aliphatic carbocycles. The van der Waals surface area contributed by atoms with E-state index in [4.69, 9.17) is 48.4 Å². The van der Waals surface area contributed by atoms with E-state index in [1.807, 2.05) is 13.8 Å². The van der Waals surface area contributed by atoms with Crippen molar-refractivity contribution in [3.8, 4) is 45.6 Å². The average Bonchev–Trinajstić information content (AvgIpc) is 2.67. The molecule has 0 bridgehead atoms. The van der Waals surface area contributed by atoms with Gasteiger partial charge in [-0.05, 0) is 121 Å². The summed E-state index contributed by atoms with van der Waals surface area (Å²) < 4.78 is 50.9. The number of nitro groups is 1. The SMILES string of the molecule is C=CC(=O)O[C@@H](CCCCC)Oc1ccc(OC(=O)c2ccc(C(=O)Oc3ccc(O[C@H](CCCCC)OC(=O)C=C)cc3)c(C(=O)OCc3ccc(OC(=O)c4ccc(-c5cc([N+](=O)[O-])c(OCCCCCCCC)cc5N)cc4)cc3)c2)cc1. The molecule has 0 aliphatic heterocycles. The molecule has 0 saturated heterocycles. The Balaban J connectivity index is 1.13. The molecule has 2 atom stereocenters. The van der Waals surface area contributed by atoms with Gasteiger partial charge in [0, 0.05) is 48.4 Å². The van der Waals surface area contributed by atoms with Crippen LogP contribution in [0.5, 0.6) is 34.5 Å². The first-order chi connectivity index (χ1) is 41.6. The minimum absolute atomic E-state index is 0.0659. The second-order valence-electron chi connectivity index (χ2n) is 19.8. The number of unbranched alkanes of at least 4 members (excludes halogenated alkanes) is 9. The van der Waals surface area contributed by atoms with Crippen LogP contribution in [0, 0.1) is 10.1 Å². The maximum Gasteiger partial charge on any atom is 0.344 e. The third-order valence-corrected chi connectivity index (χ3v) is 13.2. The van der Waals surface area contributed by atoms with Gasteiger partial charge in [-0.2, -0.15) is 0 Å². The molecule has 6 aromatic rings. The van der Waals surface area contributed by atoms with Crippen LogP contribution in [0.25, 0.3) is 11.1 Å². The summed E-state index contributed by atoms with van der Waals surface area (Å²) in [7, 11) is 0. The van der Waals surface area contributed by atoms with Crippen molar-refractivity contribution in [2.45, 2.75) is 130 Å². The van der Waals surface area contributed by atoms with Crippen LogP contribution in [0.3, 0.4) is 0 Å². The highest BCUT2D eigenvalue weighted by Crippen LogP contribution is 2.38. The summed E-state index contributed by atoms with van der Waals surface area (Å²) >= 11 is 0. The summed E-state index contributed by atoms with van der Waals surface area (Å²) in [5.41, 5.74) is 7.24. The molecule has 0 unspecified atom stereocenters. The standard InChI is InChI=1S/C67H72N2O17/c1-6-11-14-15-16-19-40-78-59-43-57(68)55(42-58(59)69(76)77)46-24-26-47(27-25-46)64(72)82-51-29-22-45(23-30-51)44-79-66(74)56-41-48(65(73)83-52-35-31-49(32-36-52)80-62(20-17-12-7-2)85-60(70)9-4)28-39-54(56)67(75)84-53-37-33-50(34-38-53)81-63(21-18-13-8-3)86-61(71)10-5/h9-10,22-39,41-43,62-63H,4-8,11-21,40,44,68H2,1-3H3/t62-,63-/m0/s1. The molecule has 0 aromatic heterocycles. The van der Waals surface area contributed by atoms with Gasteiger partial charge in [-0.25, -0.2) is 28.8 Å². The minimum atomic E-state index is -1.01. The number of nitro benzene ring substituents is 1. The molecule has 0 amide bonds. The van der Waals surface area contributed by atoms with Crippen molar-refractivity contribution in [2.75, 3.05) is 12.3 Å². The van der Waals surface area contributed by atoms with Gasteiger partial charge in [0.15, 0.2) is 5.75 Å². The summed E-state index contributed by atoms with van der Waals surface area (Å²) in [5, 5.41) is 12.0. The predicted molar refractivity (Wildman–Crippen MR) is 321 cm³/mol. The minimum Gasteiger partial charge on any atom is -0.487 e. The lowest BCUT2D eigenvalue weighted by Crippen LogP contribution is -2.23. The Kier molecular flexibility index (Phi) is 25.9. The van der Waals surface area contributed by atoms with Crippen LogP contribution < -0.4 is 34.2 Å². The molecular weight excluding hydrogens is 1100 g/mol. The first-order valence-electron chi connectivity index (χ1n) is 28.7. The molecule has 6 rings (SSSR count). The molecule has 0 heterocycles. The fraction of sp³-hybridized carbons (Fsp3) is 0.313. The number of ether oxygens (including phenoxy) is 9. The molecule has 86 heavy (non-hydrogen) atoms. The lowest BCUT2D eigenvalue weighted by Gasteiger charge is -2.19. The van der Waals surface area contributed by atoms with Crippen molar-refractivity contribution in [3.63, 3.8) is 0 Å². The number of rotatable bonds is 35. The van der Waals surface area contributed by atoms with Crippen LogP contribution in [-0.4, -0.2) is 59.9 Å². The first-order valence-corrected chi connectivity index (χ1v) is 28.7. The number of hydrogen-bond acceptors (Lipinski definition) is 18. The molecule has 0 saturated carbocycles. The number of carbonyl (C=O) groups excluding carboxylic acids is 6. The summed E-state index contributed by atoms with van der Waals surface area (Å²) in [6.07, 6.45) is 12.6. The Morgan fingerprint density at radius 1 is 0.523 bits per heavy atom. The summed E-state index contributed by atoms with van der Waals surface area (Å²) in [6, 6.07) is 30.7. The lowest BCUT2D eigenvalue weighted by atomic mass is 10.0. The third-order valence-electron chi connectivity index (χ3n) is 13.2. The Bertz CT molecular complexity index is 3270. The fourth-order valence-corrected chi connectivity index (χ4v) is 8.57. The molecule has 0 radical (unpaired) electrons. The van der Waals surface area contributed by atoms with E-state index < -0.39 is 53.3 Å². The number of nitrogens with two attached hydrogens (primary N) is 1. The topological polar surface area (TPSA) is 255 Å². The van der Waals surface area contributed by atoms with Crippen LogP contribution in [-0.2, 0) is 30.4 Å². The number of anilines is 1. The summed E-state index contributed by atoms with van der Waals surface area (Å²) in [4.78, 5) is 90.3. The zero-order valence-corrected chi connectivity index (χ0v) is 48.6. The Labute approximate surface area is 500 Å². The van der Waals surface area contributed by atoms with Gasteiger partial charge >= 0.3 is 41.5 Å². The molecular formula is C67H72N2O17. The van der Waals surface area contributed by atoms with Gasteiger partial charge in [-0.1, -0.05) is 116 Å². The quantitative estimate of drug-likeness (QED) is 0.00446. The van der Waals surface area contributed by atoms with Gasteiger partial charge in [0.1, 0.15) is 35.4 Å². The number of esters is 6. The van der Waals surface area contributed by atoms with Gasteiger partial charge in [-0.3, -0.25) is 10.1 Å². The van der Waals surface area contributed by atoms with Crippen molar-refractivity contribution in [1.82, 2.24) is 0 Å². The van der Waals surface area contributed by atoms with Crippen molar-refractivity contribution in [1.29, 1.82) is 0 Å². The highest BCUT2D eigenvalue weighted by molar-refractivity contribution is 6.06.